The van der Waals surface area contributed by atoms with Crippen LogP contribution in [0.1, 0.15) is 12.0 Å². The van der Waals surface area contributed by atoms with Gasteiger partial charge in [0.15, 0.2) is 6.61 Å². The lowest BCUT2D eigenvalue weighted by atomic mass is 10.1. The van der Waals surface area contributed by atoms with Crippen molar-refractivity contribution in [2.45, 2.75) is 12.8 Å². The standard InChI is InChI=1S/C12H15N3O3/c1-15-9-6-8(3-5-11(16)14-13)2-4-10(9)18-7-12(15)17/h2,4,6H,3,5,7,13H2,1H3,(H,14,16). The summed E-state index contributed by atoms with van der Waals surface area (Å²) in [6, 6.07) is 5.55. The van der Waals surface area contributed by atoms with Crippen LogP contribution < -0.4 is 20.9 Å². The summed E-state index contributed by atoms with van der Waals surface area (Å²) in [6.45, 7) is 0.0679. The minimum atomic E-state index is -0.214. The molecule has 0 aliphatic carbocycles. The third-order valence-electron chi connectivity index (χ3n) is 2.91. The van der Waals surface area contributed by atoms with Crippen LogP contribution in [-0.2, 0) is 16.0 Å². The molecule has 6 nitrogen and oxygen atoms in total. The van der Waals surface area contributed by atoms with E-state index in [0.29, 0.717) is 18.6 Å². The molecule has 0 saturated heterocycles. The Kier molecular flexibility index (Phi) is 3.47. The number of carbonyl (C=O) groups is 2. The minimum Gasteiger partial charge on any atom is -0.482 e. The van der Waals surface area contributed by atoms with Crippen LogP contribution in [0.3, 0.4) is 0 Å². The van der Waals surface area contributed by atoms with E-state index in [1.54, 1.807) is 11.9 Å². The fourth-order valence-electron chi connectivity index (χ4n) is 1.80. The van der Waals surface area contributed by atoms with E-state index < -0.39 is 0 Å². The van der Waals surface area contributed by atoms with Gasteiger partial charge in [0.1, 0.15) is 5.75 Å². The lowest BCUT2D eigenvalue weighted by Gasteiger charge is -2.26. The number of benzene rings is 1. The van der Waals surface area contributed by atoms with Gasteiger partial charge in [0.25, 0.3) is 5.91 Å². The molecule has 6 heteroatoms. The number of hydrogen-bond donors (Lipinski definition) is 2. The molecule has 1 heterocycles. The van der Waals surface area contributed by atoms with Crippen molar-refractivity contribution in [2.75, 3.05) is 18.6 Å². The van der Waals surface area contributed by atoms with E-state index in [-0.39, 0.29) is 18.4 Å². The first-order valence-electron chi connectivity index (χ1n) is 5.63. The third kappa shape index (κ3) is 2.43. The second kappa shape index (κ2) is 5.05. The number of carbonyl (C=O) groups excluding carboxylic acids is 2. The van der Waals surface area contributed by atoms with Crippen molar-refractivity contribution < 1.29 is 14.3 Å². The number of nitrogens with two attached hydrogens (primary N) is 1. The van der Waals surface area contributed by atoms with Gasteiger partial charge in [-0.15, -0.1) is 0 Å². The molecule has 0 atom stereocenters. The zero-order valence-electron chi connectivity index (χ0n) is 10.1. The van der Waals surface area contributed by atoms with Gasteiger partial charge in [-0.2, -0.15) is 0 Å². The molecule has 0 saturated carbocycles. The topological polar surface area (TPSA) is 84.7 Å². The molecule has 96 valence electrons. The predicted octanol–water partition coefficient (Wildman–Crippen LogP) is -0.0357. The normalized spacial score (nSPS) is 13.9. The highest BCUT2D eigenvalue weighted by molar-refractivity contribution is 5.97. The first-order valence-corrected chi connectivity index (χ1v) is 5.63. The largest absolute Gasteiger partial charge is 0.482 e. The molecular weight excluding hydrogens is 234 g/mol. The van der Waals surface area contributed by atoms with Crippen molar-refractivity contribution in [3.63, 3.8) is 0 Å². The average molecular weight is 249 g/mol. The summed E-state index contributed by atoms with van der Waals surface area (Å²) < 4.78 is 5.32. The summed E-state index contributed by atoms with van der Waals surface area (Å²) in [6.07, 6.45) is 0.881. The van der Waals surface area contributed by atoms with Crippen molar-refractivity contribution in [3.8, 4) is 5.75 Å². The van der Waals surface area contributed by atoms with Crippen LogP contribution >= 0.6 is 0 Å². The summed E-state index contributed by atoms with van der Waals surface area (Å²) >= 11 is 0. The van der Waals surface area contributed by atoms with Gasteiger partial charge in [-0.3, -0.25) is 15.0 Å². The van der Waals surface area contributed by atoms with Crippen molar-refractivity contribution >= 4 is 17.5 Å². The molecule has 2 amide bonds. The van der Waals surface area contributed by atoms with Gasteiger partial charge in [0.2, 0.25) is 5.91 Å². The SMILES string of the molecule is CN1C(=O)COc2ccc(CCC(=O)NN)cc21. The highest BCUT2D eigenvalue weighted by atomic mass is 16.5. The molecule has 2 rings (SSSR count). The monoisotopic (exact) mass is 249 g/mol. The van der Waals surface area contributed by atoms with Gasteiger partial charge in [-0.1, -0.05) is 6.07 Å². The molecule has 1 aromatic rings. The van der Waals surface area contributed by atoms with E-state index in [0.717, 1.165) is 11.3 Å². The van der Waals surface area contributed by atoms with E-state index in [1.807, 2.05) is 18.2 Å². The van der Waals surface area contributed by atoms with Crippen LogP contribution in [0.15, 0.2) is 18.2 Å². The fraction of sp³-hybridized carbons (Fsp3) is 0.333. The van der Waals surface area contributed by atoms with Gasteiger partial charge in [-0.25, -0.2) is 5.84 Å². The highest BCUT2D eigenvalue weighted by Crippen LogP contribution is 2.32. The Morgan fingerprint density at radius 2 is 2.33 bits per heavy atom. The molecule has 18 heavy (non-hydrogen) atoms. The van der Waals surface area contributed by atoms with Crippen molar-refractivity contribution in [3.05, 3.63) is 23.8 Å². The van der Waals surface area contributed by atoms with Crippen LogP contribution in [-0.4, -0.2) is 25.5 Å². The van der Waals surface area contributed by atoms with Gasteiger partial charge in [0.05, 0.1) is 5.69 Å². The van der Waals surface area contributed by atoms with Crippen LogP contribution in [0.5, 0.6) is 5.75 Å². The smallest absolute Gasteiger partial charge is 0.264 e. The molecule has 0 spiro atoms. The maximum Gasteiger partial charge on any atom is 0.264 e. The van der Waals surface area contributed by atoms with Crippen molar-refractivity contribution in [2.24, 2.45) is 5.84 Å². The lowest BCUT2D eigenvalue weighted by molar-refractivity contribution is -0.121. The number of rotatable bonds is 3. The number of nitrogens with one attached hydrogen (secondary N) is 1. The molecular formula is C12H15N3O3. The summed E-state index contributed by atoms with van der Waals surface area (Å²) in [5.41, 5.74) is 3.78. The zero-order chi connectivity index (χ0) is 13.1. The summed E-state index contributed by atoms with van der Waals surface area (Å²) in [4.78, 5) is 24.1. The summed E-state index contributed by atoms with van der Waals surface area (Å²) in [5.74, 6) is 5.40. The van der Waals surface area contributed by atoms with Gasteiger partial charge in [0, 0.05) is 13.5 Å². The first kappa shape index (κ1) is 12.4. The van der Waals surface area contributed by atoms with Gasteiger partial charge in [-0.05, 0) is 24.1 Å². The number of amides is 2. The molecule has 1 aliphatic heterocycles. The number of hydrogen-bond acceptors (Lipinski definition) is 4. The molecule has 0 unspecified atom stereocenters. The Hall–Kier alpha value is -2.08. The van der Waals surface area contributed by atoms with Crippen LogP contribution in [0.4, 0.5) is 5.69 Å². The third-order valence-corrected chi connectivity index (χ3v) is 2.91. The molecule has 0 radical (unpaired) electrons. The van der Waals surface area contributed by atoms with Crippen LogP contribution in [0.2, 0.25) is 0 Å². The van der Waals surface area contributed by atoms with E-state index in [2.05, 4.69) is 5.43 Å². The second-order valence-electron chi connectivity index (χ2n) is 4.11. The van der Waals surface area contributed by atoms with Crippen LogP contribution in [0.25, 0.3) is 0 Å². The maximum atomic E-state index is 11.5. The van der Waals surface area contributed by atoms with Gasteiger partial charge < -0.3 is 9.64 Å². The van der Waals surface area contributed by atoms with Crippen LogP contribution in [0, 0.1) is 0 Å². The maximum absolute atomic E-state index is 11.5. The lowest BCUT2D eigenvalue weighted by Crippen LogP contribution is -2.35. The Morgan fingerprint density at radius 1 is 1.56 bits per heavy atom. The van der Waals surface area contributed by atoms with E-state index in [9.17, 15) is 9.59 Å². The average Bonchev–Trinajstić information content (AvgIpc) is 2.40. The van der Waals surface area contributed by atoms with E-state index in [4.69, 9.17) is 10.6 Å². The number of likely N-dealkylation sites (N-methyl/N-ethyl adjacent to an activating group) is 1. The Labute approximate surface area is 105 Å². The first-order chi connectivity index (χ1) is 8.61. The molecule has 1 aliphatic rings. The molecule has 0 fully saturated rings. The number of nitrogens with zero attached hydrogens (tertiary/aromatic N) is 1. The predicted molar refractivity (Wildman–Crippen MR) is 66.0 cm³/mol. The number of aryl methyl sites for hydroxylation is 1. The highest BCUT2D eigenvalue weighted by Gasteiger charge is 2.22. The molecule has 0 aromatic heterocycles. The second-order valence-corrected chi connectivity index (χ2v) is 4.11. The molecule has 0 bridgehead atoms. The number of hydrazine groups is 1. The fourth-order valence-corrected chi connectivity index (χ4v) is 1.80. The number of ether oxygens (including phenoxy) is 1. The van der Waals surface area contributed by atoms with Crippen molar-refractivity contribution in [1.29, 1.82) is 0 Å². The number of fused-ring (bicyclic) bond motifs is 1. The quantitative estimate of drug-likeness (QED) is 0.447. The number of anilines is 1. The zero-order valence-corrected chi connectivity index (χ0v) is 10.1. The molecule has 1 aromatic carbocycles. The Morgan fingerprint density at radius 3 is 3.06 bits per heavy atom. The molecule has 3 N–H and O–H groups in total. The van der Waals surface area contributed by atoms with E-state index in [1.165, 1.54) is 0 Å². The van der Waals surface area contributed by atoms with E-state index >= 15 is 0 Å². The Bertz CT molecular complexity index is 487. The van der Waals surface area contributed by atoms with Crippen molar-refractivity contribution in [1.82, 2.24) is 5.43 Å². The summed E-state index contributed by atoms with van der Waals surface area (Å²) in [7, 11) is 1.71. The minimum absolute atomic E-state index is 0.0679. The van der Waals surface area contributed by atoms with Gasteiger partial charge >= 0.3 is 0 Å². The summed E-state index contributed by atoms with van der Waals surface area (Å²) in [5, 5.41) is 0. The Balaban J connectivity index is 2.16.